The summed E-state index contributed by atoms with van der Waals surface area (Å²) in [5.41, 5.74) is 0.273. The average molecular weight is 127 g/mol. The summed E-state index contributed by atoms with van der Waals surface area (Å²) in [6.45, 7) is 3.34. The van der Waals surface area contributed by atoms with E-state index in [1.165, 1.54) is 0 Å². The van der Waals surface area contributed by atoms with Crippen molar-refractivity contribution in [1.29, 1.82) is 0 Å². The lowest BCUT2D eigenvalue weighted by Crippen LogP contribution is -2.38. The van der Waals surface area contributed by atoms with E-state index in [4.69, 9.17) is 0 Å². The first kappa shape index (κ1) is 5.81. The Morgan fingerprint density at radius 1 is 1.56 bits per heavy atom. The predicted molar refractivity (Wildman–Crippen MR) is 28.6 cm³/mol. The topological polar surface area (TPSA) is 55.4 Å². The zero-order valence-corrected chi connectivity index (χ0v) is 4.64. The van der Waals surface area contributed by atoms with Crippen LogP contribution in [0.2, 0.25) is 0 Å². The highest BCUT2D eigenvalue weighted by molar-refractivity contribution is 6.04. The molecular formula is C5H5NO3. The van der Waals surface area contributed by atoms with E-state index >= 15 is 0 Å². The van der Waals surface area contributed by atoms with Crippen LogP contribution in [-0.2, 0) is 9.53 Å². The molecule has 1 fully saturated rings. The Morgan fingerprint density at radius 3 is 2.67 bits per heavy atom. The van der Waals surface area contributed by atoms with Crippen LogP contribution in [0.4, 0.5) is 4.79 Å². The predicted octanol–water partition coefficient (Wildman–Crippen LogP) is -0.191. The van der Waals surface area contributed by atoms with E-state index in [1.807, 2.05) is 5.32 Å². The second-order valence-corrected chi connectivity index (χ2v) is 1.63. The number of carbonyl (C=O) groups excluding carboxylic acids is 2. The molecule has 0 aromatic rings. The molecule has 9 heavy (non-hydrogen) atoms. The zero-order valence-electron chi connectivity index (χ0n) is 4.64. The summed E-state index contributed by atoms with van der Waals surface area (Å²) < 4.78 is 4.39. The van der Waals surface area contributed by atoms with Crippen LogP contribution in [0.3, 0.4) is 0 Å². The van der Waals surface area contributed by atoms with Crippen LogP contribution in [0.15, 0.2) is 12.2 Å². The van der Waals surface area contributed by atoms with Crippen molar-refractivity contribution in [3.05, 3.63) is 12.2 Å². The van der Waals surface area contributed by atoms with Gasteiger partial charge in [-0.2, -0.15) is 0 Å². The van der Waals surface area contributed by atoms with Gasteiger partial charge in [-0.25, -0.2) is 4.79 Å². The Labute approximate surface area is 51.5 Å². The largest absolute Gasteiger partial charge is 0.444 e. The van der Waals surface area contributed by atoms with Crippen molar-refractivity contribution in [2.45, 2.75) is 0 Å². The van der Waals surface area contributed by atoms with Crippen molar-refractivity contribution >= 4 is 12.0 Å². The van der Waals surface area contributed by atoms with Gasteiger partial charge in [0.2, 0.25) is 0 Å². The zero-order chi connectivity index (χ0) is 6.85. The highest BCUT2D eigenvalue weighted by Gasteiger charge is 2.18. The second-order valence-electron chi connectivity index (χ2n) is 1.63. The third kappa shape index (κ3) is 1.07. The van der Waals surface area contributed by atoms with E-state index in [1.54, 1.807) is 0 Å². The number of alkyl carbamates (subject to hydrolysis) is 1. The van der Waals surface area contributed by atoms with E-state index in [-0.39, 0.29) is 12.2 Å². The first-order valence-corrected chi connectivity index (χ1v) is 2.36. The molecule has 1 aliphatic rings. The molecule has 1 saturated heterocycles. The van der Waals surface area contributed by atoms with Crippen molar-refractivity contribution in [2.24, 2.45) is 0 Å². The fraction of sp³-hybridized carbons (Fsp3) is 0.200. The fourth-order valence-corrected chi connectivity index (χ4v) is 0.435. The lowest BCUT2D eigenvalue weighted by Gasteiger charge is -2.12. The van der Waals surface area contributed by atoms with E-state index in [0.717, 1.165) is 0 Å². The number of carbonyl (C=O) groups is 2. The summed E-state index contributed by atoms with van der Waals surface area (Å²) in [6, 6.07) is 0. The summed E-state index contributed by atoms with van der Waals surface area (Å²) in [5, 5.41) is 1.93. The molecule has 0 unspecified atom stereocenters. The van der Waals surface area contributed by atoms with Gasteiger partial charge in [0.25, 0.3) is 5.91 Å². The normalized spacial score (nSPS) is 18.9. The molecule has 0 aromatic heterocycles. The van der Waals surface area contributed by atoms with Crippen LogP contribution in [0.1, 0.15) is 0 Å². The van der Waals surface area contributed by atoms with Gasteiger partial charge in [0.1, 0.15) is 6.61 Å². The standard InChI is InChI=1S/C5H5NO3/c1-3-2-9-5(8)6-4(3)7/h1-2H2,(H,6,7,8). The first-order chi connectivity index (χ1) is 4.20. The number of nitrogens with one attached hydrogen (secondary N) is 1. The maximum absolute atomic E-state index is 10.5. The minimum absolute atomic E-state index is 0.00463. The van der Waals surface area contributed by atoms with Gasteiger partial charge < -0.3 is 4.74 Å². The number of rotatable bonds is 0. The van der Waals surface area contributed by atoms with E-state index in [0.29, 0.717) is 0 Å². The van der Waals surface area contributed by atoms with E-state index in [2.05, 4.69) is 11.3 Å². The van der Waals surface area contributed by atoms with Gasteiger partial charge in [-0.05, 0) is 0 Å². The molecule has 4 nitrogen and oxygen atoms in total. The lowest BCUT2D eigenvalue weighted by atomic mass is 10.3. The smallest absolute Gasteiger partial charge is 0.414 e. The molecule has 4 heteroatoms. The lowest BCUT2D eigenvalue weighted by molar-refractivity contribution is -0.118. The molecule has 0 spiro atoms. The van der Waals surface area contributed by atoms with Crippen LogP contribution >= 0.6 is 0 Å². The Bertz CT molecular complexity index is 185. The van der Waals surface area contributed by atoms with Gasteiger partial charge in [-0.3, -0.25) is 10.1 Å². The van der Waals surface area contributed by atoms with Gasteiger partial charge in [-0.1, -0.05) is 6.58 Å². The number of hydrogen-bond acceptors (Lipinski definition) is 3. The monoisotopic (exact) mass is 127 g/mol. The van der Waals surface area contributed by atoms with Crippen molar-refractivity contribution < 1.29 is 14.3 Å². The van der Waals surface area contributed by atoms with Gasteiger partial charge in [0.15, 0.2) is 0 Å². The Kier molecular flexibility index (Phi) is 1.22. The SMILES string of the molecule is C=C1COC(=O)NC1=O. The van der Waals surface area contributed by atoms with Crippen LogP contribution < -0.4 is 5.32 Å². The summed E-state index contributed by atoms with van der Waals surface area (Å²) in [7, 11) is 0. The highest BCUT2D eigenvalue weighted by Crippen LogP contribution is 1.97. The van der Waals surface area contributed by atoms with E-state index in [9.17, 15) is 9.59 Å². The molecule has 0 aliphatic carbocycles. The van der Waals surface area contributed by atoms with Crippen LogP contribution in [-0.4, -0.2) is 18.6 Å². The molecule has 48 valence electrons. The summed E-state index contributed by atoms with van der Waals surface area (Å²) in [6.07, 6.45) is -0.701. The fourth-order valence-electron chi connectivity index (χ4n) is 0.435. The maximum atomic E-state index is 10.5. The number of imide groups is 1. The molecular weight excluding hydrogens is 122 g/mol. The number of ether oxygens (including phenoxy) is 1. The number of amides is 2. The highest BCUT2D eigenvalue weighted by atomic mass is 16.6. The number of cyclic esters (lactones) is 1. The second kappa shape index (κ2) is 1.89. The minimum Gasteiger partial charge on any atom is -0.444 e. The maximum Gasteiger partial charge on any atom is 0.414 e. The third-order valence-electron chi connectivity index (χ3n) is 0.914. The summed E-state index contributed by atoms with van der Waals surface area (Å²) >= 11 is 0. The Morgan fingerprint density at radius 2 is 2.22 bits per heavy atom. The van der Waals surface area contributed by atoms with Gasteiger partial charge in [-0.15, -0.1) is 0 Å². The molecule has 0 saturated carbocycles. The van der Waals surface area contributed by atoms with Crippen LogP contribution in [0.25, 0.3) is 0 Å². The molecule has 0 aromatic carbocycles. The molecule has 0 atom stereocenters. The van der Waals surface area contributed by atoms with Gasteiger partial charge in [0.05, 0.1) is 0 Å². The Balaban J connectivity index is 2.64. The molecule has 1 aliphatic heterocycles. The molecule has 1 rings (SSSR count). The third-order valence-corrected chi connectivity index (χ3v) is 0.914. The molecule has 2 amide bonds. The van der Waals surface area contributed by atoms with Crippen molar-refractivity contribution in [3.8, 4) is 0 Å². The van der Waals surface area contributed by atoms with Crippen molar-refractivity contribution in [2.75, 3.05) is 6.61 Å². The average Bonchev–Trinajstić information content (AvgIpc) is 1.80. The summed E-state index contributed by atoms with van der Waals surface area (Å²) in [5.74, 6) is -0.453. The van der Waals surface area contributed by atoms with Crippen molar-refractivity contribution in [3.63, 3.8) is 0 Å². The van der Waals surface area contributed by atoms with Crippen molar-refractivity contribution in [1.82, 2.24) is 5.32 Å². The van der Waals surface area contributed by atoms with Gasteiger partial charge in [0, 0.05) is 5.57 Å². The van der Waals surface area contributed by atoms with E-state index < -0.39 is 12.0 Å². The molecule has 1 heterocycles. The quantitative estimate of drug-likeness (QED) is 0.459. The number of hydrogen-bond donors (Lipinski definition) is 1. The van der Waals surface area contributed by atoms with Crippen LogP contribution in [0.5, 0.6) is 0 Å². The Hall–Kier alpha value is -1.32. The molecule has 1 N–H and O–H groups in total. The molecule has 0 radical (unpaired) electrons. The molecule has 0 bridgehead atoms. The van der Waals surface area contributed by atoms with Gasteiger partial charge >= 0.3 is 6.09 Å². The van der Waals surface area contributed by atoms with Crippen LogP contribution in [0, 0.1) is 0 Å². The first-order valence-electron chi connectivity index (χ1n) is 2.36. The minimum atomic E-state index is -0.701. The summed E-state index contributed by atoms with van der Waals surface area (Å²) in [4.78, 5) is 20.7.